The molecule has 28 heavy (non-hydrogen) atoms. The van der Waals surface area contributed by atoms with E-state index < -0.39 is 6.04 Å². The van der Waals surface area contributed by atoms with Gasteiger partial charge >= 0.3 is 0 Å². The molecule has 0 aromatic heterocycles. The second kappa shape index (κ2) is 7.67. The van der Waals surface area contributed by atoms with Crippen LogP contribution in [-0.2, 0) is 9.59 Å². The fourth-order valence-corrected chi connectivity index (χ4v) is 4.22. The highest BCUT2D eigenvalue weighted by Crippen LogP contribution is 2.32. The van der Waals surface area contributed by atoms with Crippen molar-refractivity contribution in [2.75, 3.05) is 23.9 Å². The predicted molar refractivity (Wildman–Crippen MR) is 110 cm³/mol. The Kier molecular flexibility index (Phi) is 5.09. The molecule has 2 aromatic rings. The molecule has 4 rings (SSSR count). The Hall–Kier alpha value is -2.80. The summed E-state index contributed by atoms with van der Waals surface area (Å²) >= 11 is 1.42. The highest BCUT2D eigenvalue weighted by atomic mass is 32.2. The SMILES string of the molecule is CSCC(=O)N[C@H]1CCN2C(=O)c3cc(-c4ccccc4)ccc3NC(=O)[C@H]12. The van der Waals surface area contributed by atoms with Gasteiger partial charge in [-0.3, -0.25) is 14.4 Å². The number of anilines is 1. The lowest BCUT2D eigenvalue weighted by Crippen LogP contribution is -2.51. The minimum absolute atomic E-state index is 0.118. The molecule has 1 saturated heterocycles. The summed E-state index contributed by atoms with van der Waals surface area (Å²) in [7, 11) is 0. The van der Waals surface area contributed by atoms with Gasteiger partial charge in [-0.05, 0) is 35.9 Å². The van der Waals surface area contributed by atoms with Crippen LogP contribution in [0.2, 0.25) is 0 Å². The van der Waals surface area contributed by atoms with Crippen molar-refractivity contribution in [2.24, 2.45) is 0 Å². The Morgan fingerprint density at radius 1 is 1.18 bits per heavy atom. The normalized spacial score (nSPS) is 20.8. The van der Waals surface area contributed by atoms with E-state index in [-0.39, 0.29) is 23.8 Å². The quantitative estimate of drug-likeness (QED) is 0.833. The molecule has 0 aliphatic carbocycles. The number of rotatable bonds is 4. The lowest BCUT2D eigenvalue weighted by atomic mass is 10.0. The summed E-state index contributed by atoms with van der Waals surface area (Å²) < 4.78 is 0. The first kappa shape index (κ1) is 18.6. The van der Waals surface area contributed by atoms with Gasteiger partial charge in [0.1, 0.15) is 6.04 Å². The summed E-state index contributed by atoms with van der Waals surface area (Å²) in [5.41, 5.74) is 2.92. The van der Waals surface area contributed by atoms with Crippen molar-refractivity contribution in [1.29, 1.82) is 0 Å². The molecule has 2 aliphatic rings. The predicted octanol–water partition coefficient (Wildman–Crippen LogP) is 2.37. The van der Waals surface area contributed by atoms with Crippen LogP contribution in [0, 0.1) is 0 Å². The van der Waals surface area contributed by atoms with Crippen molar-refractivity contribution in [2.45, 2.75) is 18.5 Å². The summed E-state index contributed by atoms with van der Waals surface area (Å²) in [4.78, 5) is 39.7. The van der Waals surface area contributed by atoms with Gasteiger partial charge in [0, 0.05) is 6.54 Å². The van der Waals surface area contributed by atoms with Crippen LogP contribution >= 0.6 is 11.8 Å². The third kappa shape index (κ3) is 3.38. The van der Waals surface area contributed by atoms with Crippen LogP contribution in [0.4, 0.5) is 5.69 Å². The topological polar surface area (TPSA) is 78.5 Å². The number of carbonyl (C=O) groups excluding carboxylic acids is 3. The molecule has 0 unspecified atom stereocenters. The average molecular weight is 395 g/mol. The number of nitrogens with one attached hydrogen (secondary N) is 2. The van der Waals surface area contributed by atoms with E-state index in [1.54, 1.807) is 11.0 Å². The third-order valence-electron chi connectivity index (χ3n) is 5.16. The summed E-state index contributed by atoms with van der Waals surface area (Å²) in [6.45, 7) is 0.441. The second-order valence-electron chi connectivity index (χ2n) is 6.95. The summed E-state index contributed by atoms with van der Waals surface area (Å²) in [5, 5.41) is 5.79. The first-order valence-corrected chi connectivity index (χ1v) is 10.6. The number of hydrogen-bond donors (Lipinski definition) is 2. The molecule has 7 heteroatoms. The van der Waals surface area contributed by atoms with Gasteiger partial charge in [0.05, 0.1) is 23.0 Å². The summed E-state index contributed by atoms with van der Waals surface area (Å²) in [5.74, 6) is -0.226. The number of fused-ring (bicyclic) bond motifs is 2. The zero-order valence-corrected chi connectivity index (χ0v) is 16.3. The Morgan fingerprint density at radius 3 is 2.71 bits per heavy atom. The first-order chi connectivity index (χ1) is 13.6. The third-order valence-corrected chi connectivity index (χ3v) is 5.72. The van der Waals surface area contributed by atoms with E-state index in [9.17, 15) is 14.4 Å². The zero-order valence-electron chi connectivity index (χ0n) is 15.5. The van der Waals surface area contributed by atoms with Crippen LogP contribution in [0.3, 0.4) is 0 Å². The van der Waals surface area contributed by atoms with Gasteiger partial charge in [0.2, 0.25) is 11.8 Å². The number of nitrogens with zero attached hydrogens (tertiary/aromatic N) is 1. The maximum atomic E-state index is 13.2. The fraction of sp³-hybridized carbons (Fsp3) is 0.286. The van der Waals surface area contributed by atoms with Gasteiger partial charge < -0.3 is 15.5 Å². The second-order valence-corrected chi connectivity index (χ2v) is 7.82. The fourth-order valence-electron chi connectivity index (χ4n) is 3.88. The molecule has 0 bridgehead atoms. The molecule has 0 radical (unpaired) electrons. The number of amides is 3. The molecule has 2 aromatic carbocycles. The Labute approximate surface area is 167 Å². The largest absolute Gasteiger partial charge is 0.350 e. The van der Waals surface area contributed by atoms with Gasteiger partial charge in [-0.25, -0.2) is 0 Å². The molecule has 2 aliphatic heterocycles. The van der Waals surface area contributed by atoms with E-state index in [0.29, 0.717) is 30.0 Å². The van der Waals surface area contributed by atoms with Gasteiger partial charge in [0.25, 0.3) is 5.91 Å². The standard InChI is InChI=1S/C21H21N3O3S/c1-28-12-18(25)22-17-9-10-24-19(17)20(26)23-16-8-7-14(11-15(16)21(24)27)13-5-3-2-4-6-13/h2-8,11,17,19H,9-10,12H2,1H3,(H,22,25)(H,23,26)/t17-,19-/m0/s1. The first-order valence-electron chi connectivity index (χ1n) is 9.18. The highest BCUT2D eigenvalue weighted by molar-refractivity contribution is 7.99. The molecule has 6 nitrogen and oxygen atoms in total. The Morgan fingerprint density at radius 2 is 1.96 bits per heavy atom. The van der Waals surface area contributed by atoms with Crippen LogP contribution in [-0.4, -0.2) is 53.3 Å². The molecule has 144 valence electrons. The number of carbonyl (C=O) groups is 3. The smallest absolute Gasteiger partial charge is 0.256 e. The molecule has 2 heterocycles. The van der Waals surface area contributed by atoms with Crippen molar-refractivity contribution in [1.82, 2.24) is 10.2 Å². The number of benzene rings is 2. The molecular weight excluding hydrogens is 374 g/mol. The van der Waals surface area contributed by atoms with Crippen molar-refractivity contribution in [3.05, 3.63) is 54.1 Å². The molecule has 0 spiro atoms. The number of hydrogen-bond acceptors (Lipinski definition) is 4. The van der Waals surface area contributed by atoms with Crippen LogP contribution in [0.25, 0.3) is 11.1 Å². The maximum absolute atomic E-state index is 13.2. The zero-order chi connectivity index (χ0) is 19.7. The minimum atomic E-state index is -0.689. The van der Waals surface area contributed by atoms with Crippen molar-refractivity contribution >= 4 is 35.2 Å². The van der Waals surface area contributed by atoms with Gasteiger partial charge in [-0.2, -0.15) is 11.8 Å². The molecule has 2 N–H and O–H groups in total. The average Bonchev–Trinajstić information content (AvgIpc) is 3.07. The molecular formula is C21H21N3O3S. The van der Waals surface area contributed by atoms with Crippen LogP contribution in [0.1, 0.15) is 16.8 Å². The van der Waals surface area contributed by atoms with Crippen molar-refractivity contribution in [3.8, 4) is 11.1 Å². The summed E-state index contributed by atoms with van der Waals surface area (Å²) in [6, 6.07) is 14.2. The van der Waals surface area contributed by atoms with Gasteiger partial charge in [0.15, 0.2) is 0 Å². The van der Waals surface area contributed by atoms with Crippen LogP contribution in [0.15, 0.2) is 48.5 Å². The monoisotopic (exact) mass is 395 g/mol. The van der Waals surface area contributed by atoms with Crippen molar-refractivity contribution in [3.63, 3.8) is 0 Å². The highest BCUT2D eigenvalue weighted by Gasteiger charge is 2.45. The van der Waals surface area contributed by atoms with Crippen LogP contribution < -0.4 is 10.6 Å². The summed E-state index contributed by atoms with van der Waals surface area (Å²) in [6.07, 6.45) is 2.42. The number of thioether (sulfide) groups is 1. The van der Waals surface area contributed by atoms with E-state index >= 15 is 0 Å². The molecule has 0 saturated carbocycles. The van der Waals surface area contributed by atoms with Gasteiger partial charge in [-0.15, -0.1) is 0 Å². The lowest BCUT2D eigenvalue weighted by molar-refractivity contribution is -0.122. The lowest BCUT2D eigenvalue weighted by Gasteiger charge is -2.24. The maximum Gasteiger partial charge on any atom is 0.256 e. The molecule has 1 fully saturated rings. The minimum Gasteiger partial charge on any atom is -0.350 e. The van der Waals surface area contributed by atoms with Crippen molar-refractivity contribution < 1.29 is 14.4 Å². The van der Waals surface area contributed by atoms with E-state index in [1.165, 1.54) is 11.8 Å². The molecule has 3 amide bonds. The molecule has 2 atom stereocenters. The van der Waals surface area contributed by atoms with Crippen LogP contribution in [0.5, 0.6) is 0 Å². The van der Waals surface area contributed by atoms with E-state index in [0.717, 1.165) is 11.1 Å². The van der Waals surface area contributed by atoms with E-state index in [1.807, 2.05) is 48.7 Å². The van der Waals surface area contributed by atoms with E-state index in [4.69, 9.17) is 0 Å². The Bertz CT molecular complexity index is 932. The Balaban J connectivity index is 1.65. The van der Waals surface area contributed by atoms with E-state index in [2.05, 4.69) is 10.6 Å². The van der Waals surface area contributed by atoms with Gasteiger partial charge in [-0.1, -0.05) is 36.4 Å².